The summed E-state index contributed by atoms with van der Waals surface area (Å²) < 4.78 is 0. The minimum atomic E-state index is 0.978. The van der Waals surface area contributed by atoms with E-state index in [1.807, 2.05) is 13.8 Å². The van der Waals surface area contributed by atoms with Crippen molar-refractivity contribution in [1.29, 1.82) is 0 Å². The number of nitrogens with zero attached hydrogens (tertiary/aromatic N) is 1. The second-order valence-electron chi connectivity index (χ2n) is 5.14. The van der Waals surface area contributed by atoms with Gasteiger partial charge in [-0.3, -0.25) is 0 Å². The van der Waals surface area contributed by atoms with E-state index in [2.05, 4.69) is 57.0 Å². The average molecular weight is 249 g/mol. The van der Waals surface area contributed by atoms with Crippen molar-refractivity contribution < 1.29 is 0 Å². The van der Waals surface area contributed by atoms with Gasteiger partial charge in [-0.05, 0) is 52.7 Å². The van der Waals surface area contributed by atoms with E-state index in [0.717, 1.165) is 5.92 Å². The van der Waals surface area contributed by atoms with Gasteiger partial charge in [-0.1, -0.05) is 56.2 Å². The van der Waals surface area contributed by atoms with Crippen LogP contribution in [0.1, 0.15) is 44.7 Å². The number of hydrogen-bond acceptors (Lipinski definition) is 1. The second-order valence-corrected chi connectivity index (χ2v) is 5.14. The molecule has 0 aromatic heterocycles. The van der Waals surface area contributed by atoms with E-state index in [9.17, 15) is 0 Å². The Morgan fingerprint density at radius 2 is 1.44 bits per heavy atom. The van der Waals surface area contributed by atoms with Gasteiger partial charge in [0.25, 0.3) is 0 Å². The molecule has 1 nitrogen and oxygen atoms in total. The number of rotatable bonds is 0. The molecule has 0 spiro atoms. The number of benzene rings is 1. The molecule has 0 amide bonds. The zero-order valence-electron chi connectivity index (χ0n) is 13.2. The van der Waals surface area contributed by atoms with Gasteiger partial charge in [0.2, 0.25) is 0 Å². The Balaban J connectivity index is 0.000000283. The lowest BCUT2D eigenvalue weighted by atomic mass is 10.00. The number of piperidine rings is 1. The van der Waals surface area contributed by atoms with E-state index >= 15 is 0 Å². The molecule has 104 valence electrons. The quantitative estimate of drug-likeness (QED) is 0.645. The molecule has 0 unspecified atom stereocenters. The summed E-state index contributed by atoms with van der Waals surface area (Å²) in [7, 11) is 2.20. The molecule has 1 aromatic rings. The molecule has 18 heavy (non-hydrogen) atoms. The van der Waals surface area contributed by atoms with Gasteiger partial charge in [-0.25, -0.2) is 0 Å². The van der Waals surface area contributed by atoms with Gasteiger partial charge in [-0.15, -0.1) is 0 Å². The summed E-state index contributed by atoms with van der Waals surface area (Å²) in [6.45, 7) is 13.2. The van der Waals surface area contributed by atoms with E-state index in [1.54, 1.807) is 0 Å². The second kappa shape index (κ2) is 10.1. The molecule has 0 aliphatic carbocycles. The highest BCUT2D eigenvalue weighted by molar-refractivity contribution is 5.20. The smallest absolute Gasteiger partial charge is 0.00192 e. The summed E-state index contributed by atoms with van der Waals surface area (Å²) in [4.78, 5) is 2.40. The molecule has 0 radical (unpaired) electrons. The van der Waals surface area contributed by atoms with Crippen molar-refractivity contribution in [2.45, 2.75) is 47.5 Å². The lowest BCUT2D eigenvalue weighted by Gasteiger charge is -2.26. The number of likely N-dealkylation sites (tertiary alicyclic amines) is 1. The zero-order chi connectivity index (χ0) is 14.0. The van der Waals surface area contributed by atoms with Crippen molar-refractivity contribution in [2.24, 2.45) is 5.92 Å². The van der Waals surface area contributed by atoms with Crippen LogP contribution in [0.3, 0.4) is 0 Å². The van der Waals surface area contributed by atoms with Crippen LogP contribution >= 0.6 is 0 Å². The Morgan fingerprint density at radius 1 is 1.00 bits per heavy atom. The van der Waals surface area contributed by atoms with Crippen LogP contribution < -0.4 is 0 Å². The summed E-state index contributed by atoms with van der Waals surface area (Å²) in [5.41, 5.74) is 2.68. The predicted octanol–water partition coefficient (Wildman–Crippen LogP) is 4.68. The standard InChI is InChI=1S/C8H10.C7H15N.C2H6/c1-7-4-3-5-8(2)6-7;1-7-3-5-8(2)6-4-7;1-2/h3-6H,1-2H3;7H,3-6H2,1-2H3;1-2H3. The summed E-state index contributed by atoms with van der Waals surface area (Å²) in [6, 6.07) is 8.45. The number of hydrogen-bond donors (Lipinski definition) is 0. The predicted molar refractivity (Wildman–Crippen MR) is 83.2 cm³/mol. The Bertz CT molecular complexity index is 271. The fourth-order valence-corrected chi connectivity index (χ4v) is 1.94. The molecule has 1 aliphatic rings. The van der Waals surface area contributed by atoms with E-state index in [-0.39, 0.29) is 0 Å². The van der Waals surface area contributed by atoms with Gasteiger partial charge < -0.3 is 4.90 Å². The SMILES string of the molecule is CC.CC1CCN(C)CC1.Cc1cccc(C)c1. The highest BCUT2D eigenvalue weighted by Gasteiger charge is 2.10. The first-order valence-electron chi connectivity index (χ1n) is 7.29. The molecule has 0 N–H and O–H groups in total. The molecule has 2 rings (SSSR count). The maximum atomic E-state index is 2.40. The minimum absolute atomic E-state index is 0.978. The summed E-state index contributed by atoms with van der Waals surface area (Å²) in [5, 5.41) is 0. The van der Waals surface area contributed by atoms with E-state index in [4.69, 9.17) is 0 Å². The Morgan fingerprint density at radius 3 is 1.72 bits per heavy atom. The van der Waals surface area contributed by atoms with Crippen LogP contribution in [0.4, 0.5) is 0 Å². The summed E-state index contributed by atoms with van der Waals surface area (Å²) in [6.07, 6.45) is 2.80. The highest BCUT2D eigenvalue weighted by Crippen LogP contribution is 2.13. The van der Waals surface area contributed by atoms with Crippen molar-refractivity contribution in [3.63, 3.8) is 0 Å². The maximum absolute atomic E-state index is 2.40. The molecule has 0 atom stereocenters. The minimum Gasteiger partial charge on any atom is -0.306 e. The third-order valence-corrected chi connectivity index (χ3v) is 3.18. The largest absolute Gasteiger partial charge is 0.306 e. The fourth-order valence-electron chi connectivity index (χ4n) is 1.94. The van der Waals surface area contributed by atoms with E-state index < -0.39 is 0 Å². The van der Waals surface area contributed by atoms with Crippen LogP contribution in [0, 0.1) is 19.8 Å². The van der Waals surface area contributed by atoms with Crippen LogP contribution in [-0.4, -0.2) is 25.0 Å². The van der Waals surface area contributed by atoms with Gasteiger partial charge in [0.1, 0.15) is 0 Å². The molecular weight excluding hydrogens is 218 g/mol. The molecular formula is C17H31N. The molecule has 1 aromatic carbocycles. The van der Waals surface area contributed by atoms with Crippen LogP contribution in [0.5, 0.6) is 0 Å². The monoisotopic (exact) mass is 249 g/mol. The highest BCUT2D eigenvalue weighted by atomic mass is 15.1. The number of aryl methyl sites for hydroxylation is 2. The Kier molecular flexibility index (Phi) is 9.67. The van der Waals surface area contributed by atoms with Crippen molar-refractivity contribution in [1.82, 2.24) is 4.90 Å². The van der Waals surface area contributed by atoms with Gasteiger partial charge in [0.15, 0.2) is 0 Å². The average Bonchev–Trinajstić information content (AvgIpc) is 2.36. The molecule has 1 fully saturated rings. The van der Waals surface area contributed by atoms with Crippen molar-refractivity contribution in [3.8, 4) is 0 Å². The van der Waals surface area contributed by atoms with Gasteiger partial charge in [0.05, 0.1) is 0 Å². The van der Waals surface area contributed by atoms with Crippen molar-refractivity contribution in [2.75, 3.05) is 20.1 Å². The first kappa shape index (κ1) is 17.2. The first-order valence-corrected chi connectivity index (χ1v) is 7.29. The summed E-state index contributed by atoms with van der Waals surface area (Å²) >= 11 is 0. The Labute approximate surface area is 114 Å². The van der Waals surface area contributed by atoms with Gasteiger partial charge >= 0.3 is 0 Å². The fraction of sp³-hybridized carbons (Fsp3) is 0.647. The van der Waals surface area contributed by atoms with Crippen LogP contribution in [0.2, 0.25) is 0 Å². The van der Waals surface area contributed by atoms with Crippen LogP contribution in [0.15, 0.2) is 24.3 Å². The molecule has 1 heterocycles. The third kappa shape index (κ3) is 8.30. The third-order valence-electron chi connectivity index (χ3n) is 3.18. The van der Waals surface area contributed by atoms with Crippen molar-refractivity contribution >= 4 is 0 Å². The molecule has 1 heteroatoms. The zero-order valence-corrected chi connectivity index (χ0v) is 13.2. The lowest BCUT2D eigenvalue weighted by molar-refractivity contribution is 0.230. The van der Waals surface area contributed by atoms with E-state index in [0.29, 0.717) is 0 Å². The van der Waals surface area contributed by atoms with Crippen LogP contribution in [-0.2, 0) is 0 Å². The molecule has 0 bridgehead atoms. The molecule has 1 aliphatic heterocycles. The lowest BCUT2D eigenvalue weighted by Crippen LogP contribution is -2.28. The first-order chi connectivity index (χ1) is 8.58. The molecule has 0 saturated carbocycles. The maximum Gasteiger partial charge on any atom is -0.00192 e. The van der Waals surface area contributed by atoms with Crippen molar-refractivity contribution in [3.05, 3.63) is 35.4 Å². The van der Waals surface area contributed by atoms with Crippen LogP contribution in [0.25, 0.3) is 0 Å². The van der Waals surface area contributed by atoms with Gasteiger partial charge in [0, 0.05) is 0 Å². The van der Waals surface area contributed by atoms with Gasteiger partial charge in [-0.2, -0.15) is 0 Å². The summed E-state index contributed by atoms with van der Waals surface area (Å²) in [5.74, 6) is 0.978. The molecule has 1 saturated heterocycles. The normalized spacial score (nSPS) is 16.1. The van der Waals surface area contributed by atoms with E-state index in [1.165, 1.54) is 37.1 Å². The Hall–Kier alpha value is -0.820. The topological polar surface area (TPSA) is 3.24 Å².